The molecule has 0 unspecified atom stereocenters. The van der Waals surface area contributed by atoms with Crippen LogP contribution in [-0.2, 0) is 0 Å². The van der Waals surface area contributed by atoms with Crippen molar-refractivity contribution in [1.82, 2.24) is 19.5 Å². The van der Waals surface area contributed by atoms with Crippen molar-refractivity contribution in [2.45, 2.75) is 53.5 Å². The third kappa shape index (κ3) is 4.59. The van der Waals surface area contributed by atoms with Crippen LogP contribution in [0.2, 0.25) is 0 Å². The molecule has 0 aliphatic rings. The van der Waals surface area contributed by atoms with Crippen LogP contribution < -0.4 is 5.32 Å². The highest BCUT2D eigenvalue weighted by molar-refractivity contribution is 7.71. The lowest BCUT2D eigenvalue weighted by Crippen LogP contribution is -2.35. The van der Waals surface area contributed by atoms with Crippen molar-refractivity contribution in [3.05, 3.63) is 59.1 Å². The van der Waals surface area contributed by atoms with Gasteiger partial charge in [-0.15, -0.1) is 0 Å². The molecule has 0 spiro atoms. The molecule has 3 N–H and O–H groups in total. The summed E-state index contributed by atoms with van der Waals surface area (Å²) in [5.74, 6) is 0.938. The molecule has 0 atom stereocenters. The molecule has 0 bridgehead atoms. The van der Waals surface area contributed by atoms with Crippen LogP contribution in [0.1, 0.15) is 46.6 Å². The van der Waals surface area contributed by atoms with Crippen LogP contribution in [0.5, 0.6) is 0 Å². The predicted octanol–water partition coefficient (Wildman–Crippen LogP) is 7.01. The molecule has 0 amide bonds. The fraction of sp³-hybridized carbons (Fsp3) is 0.360. The zero-order chi connectivity index (χ0) is 22.4. The van der Waals surface area contributed by atoms with Gasteiger partial charge in [0.25, 0.3) is 0 Å². The van der Waals surface area contributed by atoms with Gasteiger partial charge in [0, 0.05) is 11.1 Å². The van der Waals surface area contributed by atoms with Crippen molar-refractivity contribution in [1.29, 1.82) is 0 Å². The summed E-state index contributed by atoms with van der Waals surface area (Å²) >= 11 is 5.81. The average molecular weight is 434 g/mol. The fourth-order valence-corrected chi connectivity index (χ4v) is 4.83. The van der Waals surface area contributed by atoms with E-state index in [1.807, 2.05) is 6.07 Å². The number of aryl methyl sites for hydroxylation is 1. The van der Waals surface area contributed by atoms with E-state index in [2.05, 4.69) is 103 Å². The lowest BCUT2D eigenvalue weighted by molar-refractivity contribution is 0.302. The van der Waals surface area contributed by atoms with Gasteiger partial charge in [0.1, 0.15) is 5.82 Å². The number of rotatable bonds is 5. The first-order valence-electron chi connectivity index (χ1n) is 10.7. The number of H-pyrrole nitrogens is 2. The van der Waals surface area contributed by atoms with Crippen molar-refractivity contribution in [2.24, 2.45) is 5.41 Å². The van der Waals surface area contributed by atoms with Crippen molar-refractivity contribution in [2.75, 3.05) is 5.32 Å². The third-order valence-electron chi connectivity index (χ3n) is 5.32. The topological polar surface area (TPSA) is 61.4 Å². The summed E-state index contributed by atoms with van der Waals surface area (Å²) in [5.41, 5.74) is 6.37. The molecule has 4 aromatic rings. The van der Waals surface area contributed by atoms with Crippen LogP contribution in [0.3, 0.4) is 0 Å². The molecule has 162 valence electrons. The Balaban J connectivity index is 1.89. The molecule has 5 nitrogen and oxygen atoms in total. The Morgan fingerprint density at radius 2 is 1.74 bits per heavy atom. The Kier molecular flexibility index (Phi) is 5.30. The summed E-state index contributed by atoms with van der Waals surface area (Å²) in [7, 11) is 0. The van der Waals surface area contributed by atoms with Gasteiger partial charge in [0.15, 0.2) is 4.77 Å². The zero-order valence-corrected chi connectivity index (χ0v) is 19.9. The predicted molar refractivity (Wildman–Crippen MR) is 133 cm³/mol. The lowest BCUT2D eigenvalue weighted by atomic mass is 9.82. The van der Waals surface area contributed by atoms with E-state index in [4.69, 9.17) is 12.2 Å². The van der Waals surface area contributed by atoms with Crippen LogP contribution in [0, 0.1) is 17.1 Å². The largest absolute Gasteiger partial charge is 0.365 e. The van der Waals surface area contributed by atoms with Crippen molar-refractivity contribution in [3.63, 3.8) is 0 Å². The van der Waals surface area contributed by atoms with Crippen LogP contribution in [0.15, 0.2) is 48.8 Å². The number of anilines is 1. The first-order valence-corrected chi connectivity index (χ1v) is 11.1. The number of fused-ring (bicyclic) bond motifs is 1. The number of hydrogen-bond donors (Lipinski definition) is 3. The highest BCUT2D eigenvalue weighted by Crippen LogP contribution is 2.36. The maximum Gasteiger partial charge on any atom is 0.183 e. The van der Waals surface area contributed by atoms with Gasteiger partial charge < -0.3 is 15.3 Å². The van der Waals surface area contributed by atoms with Gasteiger partial charge in [-0.25, -0.2) is 4.98 Å². The van der Waals surface area contributed by atoms with E-state index in [-0.39, 0.29) is 11.0 Å². The molecule has 4 rings (SSSR count). The van der Waals surface area contributed by atoms with E-state index in [1.165, 1.54) is 5.56 Å². The number of nitrogens with zero attached hydrogens (tertiary/aromatic N) is 2. The van der Waals surface area contributed by atoms with E-state index in [0.717, 1.165) is 40.2 Å². The van der Waals surface area contributed by atoms with Crippen LogP contribution >= 0.6 is 12.2 Å². The van der Waals surface area contributed by atoms with Crippen LogP contribution in [0.25, 0.3) is 28.0 Å². The molecule has 0 fully saturated rings. The summed E-state index contributed by atoms with van der Waals surface area (Å²) in [4.78, 5) is 11.0. The fourth-order valence-electron chi connectivity index (χ4n) is 4.53. The molecule has 2 aromatic carbocycles. The summed E-state index contributed by atoms with van der Waals surface area (Å²) in [6, 6.07) is 14.8. The number of aromatic amines is 2. The average Bonchev–Trinajstić information content (AvgIpc) is 3.23. The first kappa shape index (κ1) is 21.4. The van der Waals surface area contributed by atoms with E-state index in [1.54, 1.807) is 6.33 Å². The molecule has 2 heterocycles. The maximum absolute atomic E-state index is 5.81. The molecule has 6 heteroatoms. The minimum atomic E-state index is -0.116. The summed E-state index contributed by atoms with van der Waals surface area (Å²) < 4.78 is 2.76. The van der Waals surface area contributed by atoms with E-state index in [9.17, 15) is 0 Å². The van der Waals surface area contributed by atoms with E-state index in [0.29, 0.717) is 4.77 Å². The highest BCUT2D eigenvalue weighted by Gasteiger charge is 2.28. The molecule has 0 saturated carbocycles. The van der Waals surface area contributed by atoms with Gasteiger partial charge >= 0.3 is 0 Å². The Labute approximate surface area is 188 Å². The number of hydrogen-bond acceptors (Lipinski definition) is 3. The molecule has 0 aliphatic carbocycles. The minimum absolute atomic E-state index is 0.116. The molecule has 0 radical (unpaired) electrons. The Morgan fingerprint density at radius 1 is 1.03 bits per heavy atom. The molecule has 2 aromatic heterocycles. The first-order chi connectivity index (χ1) is 14.5. The lowest BCUT2D eigenvalue weighted by Gasteiger charge is -2.34. The van der Waals surface area contributed by atoms with Crippen LogP contribution in [-0.4, -0.2) is 25.1 Å². The number of benzene rings is 2. The van der Waals surface area contributed by atoms with Gasteiger partial charge in [0.05, 0.1) is 28.7 Å². The van der Waals surface area contributed by atoms with Gasteiger partial charge in [-0.05, 0) is 63.0 Å². The summed E-state index contributed by atoms with van der Waals surface area (Å²) in [6.07, 6.45) is 2.73. The van der Waals surface area contributed by atoms with Gasteiger partial charge in [-0.1, -0.05) is 50.6 Å². The third-order valence-corrected chi connectivity index (χ3v) is 5.60. The number of nitrogens with one attached hydrogen (secondary N) is 3. The Hall–Kier alpha value is -2.86. The van der Waals surface area contributed by atoms with E-state index >= 15 is 0 Å². The van der Waals surface area contributed by atoms with Gasteiger partial charge in [0.2, 0.25) is 0 Å². The standard InChI is InChI=1S/C25H31N5S/c1-16-7-9-17(10-8-16)21-22(29-25(5,6)14-24(2,3)4)28-23(31)30(21)18-11-12-19-20(13-18)27-15-26-19/h7-13,15,29H,14H2,1-6H3,(H,26,27)(H,28,31). The smallest absolute Gasteiger partial charge is 0.183 e. The Bertz CT molecular complexity index is 1270. The van der Waals surface area contributed by atoms with Gasteiger partial charge in [-0.3, -0.25) is 4.57 Å². The molecule has 31 heavy (non-hydrogen) atoms. The number of imidazole rings is 2. The van der Waals surface area contributed by atoms with Crippen molar-refractivity contribution in [3.8, 4) is 16.9 Å². The summed E-state index contributed by atoms with van der Waals surface area (Å²) in [5, 5.41) is 3.76. The molecule has 0 saturated heterocycles. The SMILES string of the molecule is Cc1ccc(-c2c(NC(C)(C)CC(C)(C)C)[nH]c(=S)n2-c2ccc3nc[nH]c3c2)cc1. The highest BCUT2D eigenvalue weighted by atomic mass is 32.1. The second-order valence-corrected chi connectivity index (χ2v) is 10.6. The van der Waals surface area contributed by atoms with Crippen LogP contribution in [0.4, 0.5) is 5.82 Å². The second-order valence-electron chi connectivity index (χ2n) is 10.2. The Morgan fingerprint density at radius 3 is 2.42 bits per heavy atom. The maximum atomic E-state index is 5.81. The molecule has 0 aliphatic heterocycles. The number of aromatic nitrogens is 4. The zero-order valence-electron chi connectivity index (χ0n) is 19.1. The van der Waals surface area contributed by atoms with Crippen molar-refractivity contribution < 1.29 is 0 Å². The molecular formula is C25H31N5S. The summed E-state index contributed by atoms with van der Waals surface area (Å²) in [6.45, 7) is 13.4. The van der Waals surface area contributed by atoms with Crippen molar-refractivity contribution >= 4 is 29.1 Å². The normalized spacial score (nSPS) is 12.5. The van der Waals surface area contributed by atoms with Gasteiger partial charge in [-0.2, -0.15) is 0 Å². The minimum Gasteiger partial charge on any atom is -0.365 e. The quantitative estimate of drug-likeness (QED) is 0.297. The second kappa shape index (κ2) is 7.68. The van der Waals surface area contributed by atoms with E-state index < -0.39 is 0 Å². The monoisotopic (exact) mass is 433 g/mol. The molecular weight excluding hydrogens is 402 g/mol.